The molecule has 6 rings (SSSR count). The molecule has 9 heteroatoms. The first kappa shape index (κ1) is 26.2. The van der Waals surface area contributed by atoms with Gasteiger partial charge in [-0.3, -0.25) is 9.59 Å². The van der Waals surface area contributed by atoms with Gasteiger partial charge in [-0.05, 0) is 59.7 Å². The minimum atomic E-state index is -1.27. The van der Waals surface area contributed by atoms with Crippen LogP contribution in [-0.4, -0.2) is 11.9 Å². The van der Waals surface area contributed by atoms with Crippen molar-refractivity contribution in [1.29, 1.82) is 0 Å². The van der Waals surface area contributed by atoms with Gasteiger partial charge in [0.15, 0.2) is 10.9 Å². The SMILES string of the molecule is O=C([O-])c1ccc2sc3ccccc3c(=O)c2c1.O=C([O-])c1ccc2sc3ccccc3c(=O)c2c1.[Cu+2]. The molecule has 2 aromatic heterocycles. The Morgan fingerprint density at radius 2 is 0.865 bits per heavy atom. The zero-order valence-corrected chi connectivity index (χ0v) is 21.2. The van der Waals surface area contributed by atoms with Crippen LogP contribution >= 0.6 is 22.7 Å². The molecular formula is C28H14CuO6S2. The van der Waals surface area contributed by atoms with Crippen molar-refractivity contribution in [3.63, 3.8) is 0 Å². The Morgan fingerprint density at radius 1 is 0.514 bits per heavy atom. The van der Waals surface area contributed by atoms with E-state index in [1.165, 1.54) is 46.9 Å². The smallest absolute Gasteiger partial charge is 0.545 e. The maximum atomic E-state index is 12.3. The number of aromatic carboxylic acids is 2. The molecule has 0 saturated carbocycles. The summed E-state index contributed by atoms with van der Waals surface area (Å²) in [5.41, 5.74) is -0.214. The van der Waals surface area contributed by atoms with Crippen LogP contribution in [0.2, 0.25) is 0 Å². The number of carboxylic acids is 2. The molecule has 185 valence electrons. The van der Waals surface area contributed by atoms with E-state index in [-0.39, 0.29) is 39.1 Å². The molecule has 2 heterocycles. The Labute approximate surface area is 227 Å². The van der Waals surface area contributed by atoms with E-state index < -0.39 is 11.9 Å². The van der Waals surface area contributed by atoms with Crippen molar-refractivity contribution in [2.45, 2.75) is 0 Å². The number of hydrogen-bond acceptors (Lipinski definition) is 8. The molecule has 0 atom stereocenters. The number of carbonyl (C=O) groups is 2. The molecule has 0 aliphatic heterocycles. The van der Waals surface area contributed by atoms with Gasteiger partial charge in [0.25, 0.3) is 0 Å². The predicted molar refractivity (Wildman–Crippen MR) is 140 cm³/mol. The Morgan fingerprint density at radius 3 is 1.24 bits per heavy atom. The minimum Gasteiger partial charge on any atom is -0.545 e. The molecule has 0 spiro atoms. The first-order chi connectivity index (χ1) is 17.3. The van der Waals surface area contributed by atoms with Gasteiger partial charge in [-0.2, -0.15) is 0 Å². The fraction of sp³-hybridized carbons (Fsp3) is 0. The third-order valence-corrected chi connectivity index (χ3v) is 7.93. The standard InChI is InChI=1S/2C14H8O3S.Cu/c2*15-13-9-3-1-2-4-11(9)18-12-6-5-8(14(16)17)7-10(12)13;/h2*1-7H,(H,16,17);/q;;+2/p-2. The molecule has 0 amide bonds. The van der Waals surface area contributed by atoms with Gasteiger partial charge < -0.3 is 19.8 Å². The fourth-order valence-corrected chi connectivity index (χ4v) is 5.96. The van der Waals surface area contributed by atoms with E-state index >= 15 is 0 Å². The molecule has 37 heavy (non-hydrogen) atoms. The second kappa shape index (κ2) is 10.6. The monoisotopic (exact) mass is 573 g/mol. The maximum Gasteiger partial charge on any atom is 2.00 e. The minimum absolute atomic E-state index is 0. The normalized spacial score (nSPS) is 10.6. The summed E-state index contributed by atoms with van der Waals surface area (Å²) < 4.78 is 3.36. The van der Waals surface area contributed by atoms with E-state index in [9.17, 15) is 29.4 Å². The van der Waals surface area contributed by atoms with Crippen molar-refractivity contribution in [2.75, 3.05) is 0 Å². The number of hydrogen-bond donors (Lipinski definition) is 0. The molecule has 0 bridgehead atoms. The second-order valence-electron chi connectivity index (χ2n) is 7.85. The van der Waals surface area contributed by atoms with Crippen LogP contribution in [0.1, 0.15) is 20.7 Å². The summed E-state index contributed by atoms with van der Waals surface area (Å²) >= 11 is 2.94. The molecule has 0 saturated heterocycles. The van der Waals surface area contributed by atoms with Crippen molar-refractivity contribution in [2.24, 2.45) is 0 Å². The number of carbonyl (C=O) groups excluding carboxylic acids is 2. The number of fused-ring (bicyclic) bond motifs is 4. The first-order valence-corrected chi connectivity index (χ1v) is 12.3. The topological polar surface area (TPSA) is 114 Å². The van der Waals surface area contributed by atoms with Gasteiger partial charge in [-0.25, -0.2) is 0 Å². The largest absolute Gasteiger partial charge is 2.00 e. The van der Waals surface area contributed by atoms with Gasteiger partial charge in [0.1, 0.15) is 0 Å². The summed E-state index contributed by atoms with van der Waals surface area (Å²) in [6.07, 6.45) is 0. The van der Waals surface area contributed by atoms with Gasteiger partial charge in [-0.15, -0.1) is 22.7 Å². The Bertz CT molecular complexity index is 1820. The van der Waals surface area contributed by atoms with Gasteiger partial charge in [0.05, 0.1) is 11.9 Å². The molecule has 6 aromatic rings. The molecule has 0 aliphatic carbocycles. The van der Waals surface area contributed by atoms with E-state index in [0.29, 0.717) is 21.5 Å². The van der Waals surface area contributed by atoms with Crippen LogP contribution < -0.4 is 21.1 Å². The van der Waals surface area contributed by atoms with Crippen molar-refractivity contribution in [1.82, 2.24) is 0 Å². The summed E-state index contributed by atoms with van der Waals surface area (Å²) in [4.78, 5) is 46.1. The van der Waals surface area contributed by atoms with Gasteiger partial charge in [0.2, 0.25) is 0 Å². The van der Waals surface area contributed by atoms with Crippen molar-refractivity contribution >= 4 is 75.0 Å². The van der Waals surface area contributed by atoms with Crippen molar-refractivity contribution in [3.8, 4) is 0 Å². The van der Waals surface area contributed by atoms with E-state index in [1.807, 2.05) is 24.3 Å². The van der Waals surface area contributed by atoms with Crippen molar-refractivity contribution in [3.05, 3.63) is 117 Å². The van der Waals surface area contributed by atoms with Crippen LogP contribution in [0.5, 0.6) is 0 Å². The summed E-state index contributed by atoms with van der Waals surface area (Å²) in [6, 6.07) is 23.6. The zero-order chi connectivity index (χ0) is 25.4. The van der Waals surface area contributed by atoms with Crippen LogP contribution in [0.25, 0.3) is 40.3 Å². The van der Waals surface area contributed by atoms with Crippen LogP contribution in [0.3, 0.4) is 0 Å². The summed E-state index contributed by atoms with van der Waals surface area (Å²) in [5, 5.41) is 23.7. The van der Waals surface area contributed by atoms with Crippen LogP contribution in [0.15, 0.2) is 94.5 Å². The summed E-state index contributed by atoms with van der Waals surface area (Å²) in [6.45, 7) is 0. The molecule has 0 N–H and O–H groups in total. The van der Waals surface area contributed by atoms with E-state index in [4.69, 9.17) is 0 Å². The molecule has 4 aromatic carbocycles. The Kier molecular flexibility index (Phi) is 7.52. The predicted octanol–water partition coefficient (Wildman–Crippen LogP) is 3.55. The van der Waals surface area contributed by atoms with Gasteiger partial charge >= 0.3 is 17.1 Å². The third-order valence-electron chi connectivity index (χ3n) is 5.62. The average molecular weight is 574 g/mol. The van der Waals surface area contributed by atoms with Gasteiger partial charge in [0, 0.05) is 40.3 Å². The van der Waals surface area contributed by atoms with E-state index in [0.717, 1.165) is 18.8 Å². The van der Waals surface area contributed by atoms with E-state index in [1.54, 1.807) is 36.4 Å². The van der Waals surface area contributed by atoms with E-state index in [2.05, 4.69) is 0 Å². The van der Waals surface area contributed by atoms with Crippen molar-refractivity contribution < 1.29 is 36.9 Å². The van der Waals surface area contributed by atoms with Gasteiger partial charge in [-0.1, -0.05) is 36.4 Å². The molecule has 0 unspecified atom stereocenters. The molecular weight excluding hydrogens is 560 g/mol. The third kappa shape index (κ3) is 5.03. The Balaban J connectivity index is 0.000000168. The molecule has 1 radical (unpaired) electrons. The molecule has 6 nitrogen and oxygen atoms in total. The fourth-order valence-electron chi connectivity index (χ4n) is 3.86. The number of rotatable bonds is 2. The van der Waals surface area contributed by atoms with Crippen LogP contribution in [0, 0.1) is 0 Å². The average Bonchev–Trinajstić information content (AvgIpc) is 2.89. The number of benzene rings is 4. The quantitative estimate of drug-likeness (QED) is 0.231. The maximum absolute atomic E-state index is 12.3. The second-order valence-corrected chi connectivity index (χ2v) is 10.0. The Hall–Kier alpha value is -3.88. The number of carboxylic acid groups (broad SMARTS) is 2. The first-order valence-electron chi connectivity index (χ1n) is 10.7. The van der Waals surface area contributed by atoms with Crippen LogP contribution in [0.4, 0.5) is 0 Å². The summed E-state index contributed by atoms with van der Waals surface area (Å²) in [5.74, 6) is -2.54. The summed E-state index contributed by atoms with van der Waals surface area (Å²) in [7, 11) is 0. The zero-order valence-electron chi connectivity index (χ0n) is 18.7. The van der Waals surface area contributed by atoms with Crippen LogP contribution in [-0.2, 0) is 17.1 Å². The molecule has 0 fully saturated rings. The molecule has 0 aliphatic rings.